The first-order valence-corrected chi connectivity index (χ1v) is 6.49. The summed E-state index contributed by atoms with van der Waals surface area (Å²) < 4.78 is 77.1. The summed E-state index contributed by atoms with van der Waals surface area (Å²) in [6.07, 6.45) is -9.46. The van der Waals surface area contributed by atoms with Crippen molar-refractivity contribution in [1.82, 2.24) is 19.9 Å². The van der Waals surface area contributed by atoms with E-state index in [2.05, 4.69) is 19.9 Å². The van der Waals surface area contributed by atoms with Gasteiger partial charge in [0.2, 0.25) is 11.6 Å². The molecule has 0 aliphatic carbocycles. The number of rotatable bonds is 0. The third-order valence-corrected chi connectivity index (χ3v) is 3.49. The Morgan fingerprint density at radius 1 is 0.500 bits per heavy atom. The Bertz CT molecular complexity index is 932. The van der Waals surface area contributed by atoms with Gasteiger partial charge in [-0.2, -0.15) is 26.3 Å². The van der Waals surface area contributed by atoms with Gasteiger partial charge in [-0.05, 0) is 24.3 Å². The highest BCUT2D eigenvalue weighted by Gasteiger charge is 2.37. The van der Waals surface area contributed by atoms with Gasteiger partial charge in [-0.15, -0.1) is 0 Å². The summed E-state index contributed by atoms with van der Waals surface area (Å²) in [4.78, 5) is 13.8. The van der Waals surface area contributed by atoms with Gasteiger partial charge < -0.3 is 0 Å². The molecular formula is C14H4F6N4. The molecule has 0 N–H and O–H groups in total. The second-order valence-electron chi connectivity index (χ2n) is 5.05. The van der Waals surface area contributed by atoms with Crippen LogP contribution >= 0.6 is 0 Å². The minimum Gasteiger partial charge on any atom is -0.224 e. The van der Waals surface area contributed by atoms with Crippen LogP contribution in [0.25, 0.3) is 32.8 Å². The lowest BCUT2D eigenvalue weighted by molar-refractivity contribution is -0.145. The quantitative estimate of drug-likeness (QED) is 0.355. The highest BCUT2D eigenvalue weighted by Crippen LogP contribution is 2.36. The standard InChI is InChI=1S/C14H4F6N4/c15-13(16,17)11-21-5-1-2-6-10-8(4-3-7(23-11)9(5)10)24-12(22-6)14(18,19)20/h1-4H. The number of hydrogen-bond acceptors (Lipinski definition) is 4. The highest BCUT2D eigenvalue weighted by atomic mass is 19.4. The van der Waals surface area contributed by atoms with Gasteiger partial charge in [-0.3, -0.25) is 0 Å². The van der Waals surface area contributed by atoms with Gasteiger partial charge in [0, 0.05) is 10.8 Å². The van der Waals surface area contributed by atoms with E-state index >= 15 is 0 Å². The summed E-state index contributed by atoms with van der Waals surface area (Å²) in [5, 5.41) is 0.401. The molecule has 24 heavy (non-hydrogen) atoms. The third kappa shape index (κ3) is 2.09. The van der Waals surface area contributed by atoms with Crippen LogP contribution in [0.1, 0.15) is 11.6 Å². The van der Waals surface area contributed by atoms with Crippen molar-refractivity contribution >= 4 is 32.8 Å². The highest BCUT2D eigenvalue weighted by molar-refractivity contribution is 6.19. The molecule has 4 nitrogen and oxygen atoms in total. The molecule has 10 heteroatoms. The lowest BCUT2D eigenvalue weighted by Gasteiger charge is -2.13. The summed E-state index contributed by atoms with van der Waals surface area (Å²) in [6, 6.07) is 4.75. The van der Waals surface area contributed by atoms with Crippen LogP contribution in [0.3, 0.4) is 0 Å². The second kappa shape index (κ2) is 4.40. The van der Waals surface area contributed by atoms with E-state index in [0.29, 0.717) is 0 Å². The van der Waals surface area contributed by atoms with E-state index in [1.54, 1.807) is 0 Å². The van der Waals surface area contributed by atoms with Crippen LogP contribution in [0.2, 0.25) is 0 Å². The topological polar surface area (TPSA) is 51.6 Å². The first-order valence-electron chi connectivity index (χ1n) is 6.49. The smallest absolute Gasteiger partial charge is 0.224 e. The van der Waals surface area contributed by atoms with Crippen molar-refractivity contribution in [2.75, 3.05) is 0 Å². The molecule has 0 amide bonds. The fraction of sp³-hybridized carbons (Fsp3) is 0.143. The molecule has 0 bridgehead atoms. The van der Waals surface area contributed by atoms with Crippen molar-refractivity contribution in [3.8, 4) is 0 Å². The molecule has 0 spiro atoms. The molecule has 0 radical (unpaired) electrons. The van der Waals surface area contributed by atoms with Crippen molar-refractivity contribution in [3.63, 3.8) is 0 Å². The van der Waals surface area contributed by atoms with Crippen molar-refractivity contribution in [2.45, 2.75) is 12.4 Å². The Hall–Kier alpha value is -2.78. The third-order valence-electron chi connectivity index (χ3n) is 3.49. The lowest BCUT2D eigenvalue weighted by atomic mass is 10.0. The molecule has 2 heterocycles. The van der Waals surface area contributed by atoms with E-state index in [-0.39, 0.29) is 32.8 Å². The predicted molar refractivity (Wildman–Crippen MR) is 71.3 cm³/mol. The zero-order chi connectivity index (χ0) is 17.3. The molecular weight excluding hydrogens is 338 g/mol. The van der Waals surface area contributed by atoms with E-state index in [4.69, 9.17) is 0 Å². The fourth-order valence-corrected chi connectivity index (χ4v) is 2.56. The Morgan fingerprint density at radius 3 is 0.958 bits per heavy atom. The monoisotopic (exact) mass is 342 g/mol. The van der Waals surface area contributed by atoms with Crippen LogP contribution in [-0.4, -0.2) is 19.9 Å². The maximum atomic E-state index is 12.8. The Labute approximate surface area is 128 Å². The Morgan fingerprint density at radius 2 is 0.750 bits per heavy atom. The zero-order valence-electron chi connectivity index (χ0n) is 11.4. The van der Waals surface area contributed by atoms with Gasteiger partial charge in [0.15, 0.2) is 0 Å². The molecule has 4 rings (SSSR count). The Kier molecular flexibility index (Phi) is 2.71. The molecule has 0 atom stereocenters. The summed E-state index contributed by atoms with van der Waals surface area (Å²) in [5.41, 5.74) is -0.134. The number of hydrogen-bond donors (Lipinski definition) is 0. The molecule has 0 saturated heterocycles. The molecule has 4 aromatic rings. The van der Waals surface area contributed by atoms with E-state index in [1.807, 2.05) is 0 Å². The summed E-state index contributed by atoms with van der Waals surface area (Å²) in [5.74, 6) is -2.63. The van der Waals surface area contributed by atoms with Gasteiger partial charge in [-0.1, -0.05) is 0 Å². The van der Waals surface area contributed by atoms with Crippen molar-refractivity contribution in [3.05, 3.63) is 35.9 Å². The second-order valence-corrected chi connectivity index (χ2v) is 5.05. The van der Waals surface area contributed by atoms with E-state index < -0.39 is 24.0 Å². The molecule has 2 aromatic heterocycles. The summed E-state index contributed by atoms with van der Waals surface area (Å²) >= 11 is 0. The maximum Gasteiger partial charge on any atom is 0.451 e. The van der Waals surface area contributed by atoms with Crippen LogP contribution in [-0.2, 0) is 12.4 Å². The molecule has 0 aliphatic rings. The zero-order valence-corrected chi connectivity index (χ0v) is 11.4. The maximum absolute atomic E-state index is 12.8. The van der Waals surface area contributed by atoms with E-state index in [9.17, 15) is 26.3 Å². The molecule has 122 valence electrons. The van der Waals surface area contributed by atoms with Gasteiger partial charge in [-0.25, -0.2) is 19.9 Å². The molecule has 0 unspecified atom stereocenters. The first-order chi connectivity index (χ1) is 11.1. The molecule has 0 fully saturated rings. The minimum absolute atomic E-state index is 0.0335. The van der Waals surface area contributed by atoms with Gasteiger partial charge >= 0.3 is 12.4 Å². The van der Waals surface area contributed by atoms with Gasteiger partial charge in [0.05, 0.1) is 22.1 Å². The minimum atomic E-state index is -4.73. The van der Waals surface area contributed by atoms with Crippen LogP contribution in [0, 0.1) is 0 Å². The van der Waals surface area contributed by atoms with Crippen molar-refractivity contribution < 1.29 is 26.3 Å². The van der Waals surface area contributed by atoms with Crippen molar-refractivity contribution in [2.24, 2.45) is 0 Å². The number of nitrogens with zero attached hydrogens (tertiary/aromatic N) is 4. The molecule has 2 aromatic carbocycles. The van der Waals surface area contributed by atoms with Gasteiger partial charge in [0.1, 0.15) is 0 Å². The lowest BCUT2D eigenvalue weighted by Crippen LogP contribution is -2.13. The van der Waals surface area contributed by atoms with E-state index in [1.165, 1.54) is 24.3 Å². The largest absolute Gasteiger partial charge is 0.451 e. The van der Waals surface area contributed by atoms with Crippen LogP contribution in [0.15, 0.2) is 24.3 Å². The number of aromatic nitrogens is 4. The van der Waals surface area contributed by atoms with E-state index in [0.717, 1.165) is 0 Å². The van der Waals surface area contributed by atoms with Gasteiger partial charge in [0.25, 0.3) is 0 Å². The molecule has 0 aliphatic heterocycles. The van der Waals surface area contributed by atoms with Crippen LogP contribution < -0.4 is 0 Å². The summed E-state index contributed by atoms with van der Waals surface area (Å²) in [6.45, 7) is 0. The average molecular weight is 342 g/mol. The Balaban J connectivity index is 2.14. The first kappa shape index (κ1) is 14.8. The van der Waals surface area contributed by atoms with Crippen LogP contribution in [0.5, 0.6) is 0 Å². The number of halogens is 6. The average Bonchev–Trinajstić information content (AvgIpc) is 2.50. The summed E-state index contributed by atoms with van der Waals surface area (Å²) in [7, 11) is 0. The normalized spacial score (nSPS) is 13.4. The van der Waals surface area contributed by atoms with Crippen LogP contribution in [0.4, 0.5) is 26.3 Å². The fourth-order valence-electron chi connectivity index (χ4n) is 2.56. The van der Waals surface area contributed by atoms with Crippen molar-refractivity contribution in [1.29, 1.82) is 0 Å². The predicted octanol–water partition coefficient (Wildman–Crippen LogP) is 4.20. The number of alkyl halides is 6. The molecule has 0 saturated carbocycles. The SMILES string of the molecule is FC(F)(F)c1nc2ccc3nc(C(F)(F)F)nc4ccc(n1)c2c34. The number of benzene rings is 2.